The van der Waals surface area contributed by atoms with Crippen LogP contribution in [0.4, 0.5) is 4.39 Å². The molecule has 2 N–H and O–H groups in total. The summed E-state index contributed by atoms with van der Waals surface area (Å²) in [6, 6.07) is 4.93. The predicted molar refractivity (Wildman–Crippen MR) is 74.8 cm³/mol. The first-order valence-electron chi connectivity index (χ1n) is 6.63. The van der Waals surface area contributed by atoms with E-state index in [1.807, 2.05) is 6.92 Å². The fraction of sp³-hybridized carbons (Fsp3) is 0.571. The summed E-state index contributed by atoms with van der Waals surface area (Å²) >= 11 is 5.86. The predicted octanol–water partition coefficient (Wildman–Crippen LogP) is 2.59. The van der Waals surface area contributed by atoms with Gasteiger partial charge in [0.1, 0.15) is 5.82 Å². The van der Waals surface area contributed by atoms with E-state index >= 15 is 0 Å². The van der Waals surface area contributed by atoms with Crippen LogP contribution in [-0.2, 0) is 4.74 Å². The van der Waals surface area contributed by atoms with Crippen LogP contribution in [0.15, 0.2) is 18.2 Å². The number of nitrogens with zero attached hydrogens (tertiary/aromatic N) is 1. The van der Waals surface area contributed by atoms with E-state index in [1.165, 1.54) is 0 Å². The second-order valence-corrected chi connectivity index (χ2v) is 5.33. The van der Waals surface area contributed by atoms with Crippen molar-refractivity contribution in [1.82, 2.24) is 4.90 Å². The summed E-state index contributed by atoms with van der Waals surface area (Å²) in [5, 5.41) is 0.148. The molecule has 0 radical (unpaired) electrons. The number of halogens is 2. The zero-order valence-electron chi connectivity index (χ0n) is 11.1. The van der Waals surface area contributed by atoms with E-state index < -0.39 is 0 Å². The van der Waals surface area contributed by atoms with E-state index in [9.17, 15) is 4.39 Å². The molecule has 0 aliphatic carbocycles. The Morgan fingerprint density at radius 1 is 1.58 bits per heavy atom. The highest BCUT2D eigenvalue weighted by Gasteiger charge is 2.25. The third-order valence-electron chi connectivity index (χ3n) is 3.49. The van der Waals surface area contributed by atoms with E-state index in [4.69, 9.17) is 22.1 Å². The van der Waals surface area contributed by atoms with Crippen molar-refractivity contribution in [2.45, 2.75) is 25.5 Å². The molecule has 0 spiro atoms. The Bertz CT molecular complexity index is 430. The van der Waals surface area contributed by atoms with Gasteiger partial charge in [-0.05, 0) is 19.4 Å². The molecule has 0 bridgehead atoms. The Kier molecular flexibility index (Phi) is 5.16. The molecule has 1 fully saturated rings. The fourth-order valence-electron chi connectivity index (χ4n) is 2.56. The van der Waals surface area contributed by atoms with Crippen LogP contribution in [-0.4, -0.2) is 37.2 Å². The van der Waals surface area contributed by atoms with Crippen molar-refractivity contribution in [3.05, 3.63) is 34.6 Å². The molecule has 1 aliphatic heterocycles. The Morgan fingerprint density at radius 3 is 3.11 bits per heavy atom. The lowest BCUT2D eigenvalue weighted by Crippen LogP contribution is -2.38. The van der Waals surface area contributed by atoms with Gasteiger partial charge in [-0.3, -0.25) is 4.90 Å². The lowest BCUT2D eigenvalue weighted by molar-refractivity contribution is 0.0608. The highest BCUT2D eigenvalue weighted by Crippen LogP contribution is 2.28. The lowest BCUT2D eigenvalue weighted by Gasteiger charge is -2.31. The van der Waals surface area contributed by atoms with Gasteiger partial charge in [0.2, 0.25) is 0 Å². The highest BCUT2D eigenvalue weighted by atomic mass is 35.5. The zero-order valence-corrected chi connectivity index (χ0v) is 11.9. The minimum Gasteiger partial charge on any atom is -0.377 e. The molecule has 1 aromatic rings. The van der Waals surface area contributed by atoms with Gasteiger partial charge in [-0.15, -0.1) is 0 Å². The molecule has 1 aliphatic rings. The summed E-state index contributed by atoms with van der Waals surface area (Å²) < 4.78 is 19.8. The van der Waals surface area contributed by atoms with Gasteiger partial charge in [0.05, 0.1) is 17.2 Å². The molecule has 1 saturated heterocycles. The fourth-order valence-corrected chi connectivity index (χ4v) is 2.74. The standard InChI is InChI=1S/C14H20ClFN2O/c1-10-9-18(6-3-7-19-10)13(8-17)11-4-2-5-12(15)14(11)16/h2,4-5,10,13H,3,6-9,17H2,1H3. The number of ether oxygens (including phenoxy) is 1. The van der Waals surface area contributed by atoms with E-state index in [0.29, 0.717) is 12.1 Å². The van der Waals surface area contributed by atoms with Crippen LogP contribution in [0.25, 0.3) is 0 Å². The van der Waals surface area contributed by atoms with Crippen molar-refractivity contribution in [3.63, 3.8) is 0 Å². The van der Waals surface area contributed by atoms with E-state index in [-0.39, 0.29) is 23.0 Å². The maximum Gasteiger partial charge on any atom is 0.146 e. The van der Waals surface area contributed by atoms with Crippen molar-refractivity contribution in [1.29, 1.82) is 0 Å². The largest absolute Gasteiger partial charge is 0.377 e. The van der Waals surface area contributed by atoms with Crippen LogP contribution in [0.3, 0.4) is 0 Å². The first-order chi connectivity index (χ1) is 9.13. The normalized spacial score (nSPS) is 23.1. The van der Waals surface area contributed by atoms with Gasteiger partial charge in [0.25, 0.3) is 0 Å². The summed E-state index contributed by atoms with van der Waals surface area (Å²) in [5.74, 6) is -0.363. The summed E-state index contributed by atoms with van der Waals surface area (Å²) in [4.78, 5) is 2.19. The molecule has 5 heteroatoms. The zero-order chi connectivity index (χ0) is 13.8. The van der Waals surface area contributed by atoms with Crippen molar-refractivity contribution >= 4 is 11.6 Å². The van der Waals surface area contributed by atoms with Crippen LogP contribution in [0.2, 0.25) is 5.02 Å². The molecule has 3 nitrogen and oxygen atoms in total. The third-order valence-corrected chi connectivity index (χ3v) is 3.78. The summed E-state index contributed by atoms with van der Waals surface area (Å²) in [6.45, 7) is 4.75. The van der Waals surface area contributed by atoms with Crippen LogP contribution in [0, 0.1) is 5.82 Å². The van der Waals surface area contributed by atoms with Gasteiger partial charge in [-0.25, -0.2) is 4.39 Å². The number of benzene rings is 1. The smallest absolute Gasteiger partial charge is 0.146 e. The first-order valence-corrected chi connectivity index (χ1v) is 7.01. The molecular weight excluding hydrogens is 267 g/mol. The summed E-state index contributed by atoms with van der Waals surface area (Å²) in [6.07, 6.45) is 1.07. The van der Waals surface area contributed by atoms with Crippen LogP contribution in [0.1, 0.15) is 24.9 Å². The van der Waals surface area contributed by atoms with Crippen molar-refractivity contribution in [2.75, 3.05) is 26.2 Å². The molecule has 0 amide bonds. The minimum absolute atomic E-state index is 0.138. The number of hydrogen-bond donors (Lipinski definition) is 1. The lowest BCUT2D eigenvalue weighted by atomic mass is 10.0. The van der Waals surface area contributed by atoms with Crippen molar-refractivity contribution in [2.24, 2.45) is 5.73 Å². The Labute approximate surface area is 118 Å². The SMILES string of the molecule is CC1CN(C(CN)c2cccc(Cl)c2F)CCCO1. The molecule has 1 aromatic carbocycles. The molecule has 2 unspecified atom stereocenters. The minimum atomic E-state index is -0.363. The molecule has 0 aromatic heterocycles. The van der Waals surface area contributed by atoms with Crippen LogP contribution in [0.5, 0.6) is 0 Å². The average molecular weight is 287 g/mol. The quantitative estimate of drug-likeness (QED) is 0.928. The van der Waals surface area contributed by atoms with Gasteiger partial charge >= 0.3 is 0 Å². The van der Waals surface area contributed by atoms with E-state index in [2.05, 4.69) is 4.90 Å². The molecule has 2 atom stereocenters. The monoisotopic (exact) mass is 286 g/mol. The molecule has 19 heavy (non-hydrogen) atoms. The maximum absolute atomic E-state index is 14.1. The molecular formula is C14H20ClFN2O. The van der Waals surface area contributed by atoms with Crippen molar-refractivity contribution in [3.8, 4) is 0 Å². The molecule has 2 rings (SSSR count). The van der Waals surface area contributed by atoms with Gasteiger partial charge in [-0.2, -0.15) is 0 Å². The van der Waals surface area contributed by atoms with Gasteiger partial charge in [-0.1, -0.05) is 23.7 Å². The highest BCUT2D eigenvalue weighted by molar-refractivity contribution is 6.30. The van der Waals surface area contributed by atoms with Gasteiger partial charge in [0, 0.05) is 31.8 Å². The summed E-state index contributed by atoms with van der Waals surface area (Å²) in [7, 11) is 0. The Balaban J connectivity index is 2.25. The summed E-state index contributed by atoms with van der Waals surface area (Å²) in [5.41, 5.74) is 6.43. The van der Waals surface area contributed by atoms with E-state index in [0.717, 1.165) is 26.1 Å². The number of nitrogens with two attached hydrogens (primary N) is 1. The molecule has 1 heterocycles. The molecule has 106 valence electrons. The Morgan fingerprint density at radius 2 is 2.37 bits per heavy atom. The van der Waals surface area contributed by atoms with Gasteiger partial charge < -0.3 is 10.5 Å². The number of rotatable bonds is 3. The average Bonchev–Trinajstić information content (AvgIpc) is 2.60. The second kappa shape index (κ2) is 6.66. The first kappa shape index (κ1) is 14.7. The Hall–Kier alpha value is -0.680. The second-order valence-electron chi connectivity index (χ2n) is 4.92. The maximum atomic E-state index is 14.1. The van der Waals surface area contributed by atoms with Crippen LogP contribution < -0.4 is 5.73 Å². The van der Waals surface area contributed by atoms with E-state index in [1.54, 1.807) is 18.2 Å². The van der Waals surface area contributed by atoms with Crippen LogP contribution >= 0.6 is 11.6 Å². The topological polar surface area (TPSA) is 38.5 Å². The molecule has 0 saturated carbocycles. The number of hydrogen-bond acceptors (Lipinski definition) is 3. The third kappa shape index (κ3) is 3.45. The van der Waals surface area contributed by atoms with Crippen molar-refractivity contribution < 1.29 is 9.13 Å². The van der Waals surface area contributed by atoms with Gasteiger partial charge in [0.15, 0.2) is 0 Å².